The highest BCUT2D eigenvalue weighted by Crippen LogP contribution is 2.25. The van der Waals surface area contributed by atoms with Crippen molar-refractivity contribution in [2.75, 3.05) is 11.9 Å². The van der Waals surface area contributed by atoms with Crippen LogP contribution < -0.4 is 4.90 Å². The molecule has 0 aliphatic rings. The smallest absolute Gasteiger partial charge is 0.337 e. The van der Waals surface area contributed by atoms with Crippen LogP contribution in [0.3, 0.4) is 0 Å². The number of anilines is 1. The fraction of sp³-hybridized carbons (Fsp3) is 0.333. The van der Waals surface area contributed by atoms with Gasteiger partial charge in [-0.3, -0.25) is 0 Å². The molecule has 1 aromatic carbocycles. The predicted octanol–water partition coefficient (Wildman–Crippen LogP) is 2.78. The lowest BCUT2D eigenvalue weighted by Crippen LogP contribution is -2.29. The van der Waals surface area contributed by atoms with Gasteiger partial charge in [0.2, 0.25) is 0 Å². The molecule has 0 radical (unpaired) electrons. The van der Waals surface area contributed by atoms with E-state index >= 15 is 0 Å². The lowest BCUT2D eigenvalue weighted by Gasteiger charge is -2.26. The van der Waals surface area contributed by atoms with Crippen molar-refractivity contribution in [2.45, 2.75) is 19.4 Å². The SMILES string of the molecule is CC(CC#N)N(C)c1ccc(Cl)cc1C(=O)O. The van der Waals surface area contributed by atoms with E-state index in [0.29, 0.717) is 17.1 Å². The van der Waals surface area contributed by atoms with Gasteiger partial charge in [0.25, 0.3) is 0 Å². The Morgan fingerprint density at radius 1 is 1.65 bits per heavy atom. The molecule has 1 unspecified atom stereocenters. The van der Waals surface area contributed by atoms with E-state index in [2.05, 4.69) is 6.07 Å². The number of nitrogens with zero attached hydrogens (tertiary/aromatic N) is 2. The van der Waals surface area contributed by atoms with Crippen LogP contribution in [0, 0.1) is 11.3 Å². The minimum atomic E-state index is -1.03. The first-order valence-electron chi connectivity index (χ1n) is 5.10. The third-order valence-electron chi connectivity index (χ3n) is 2.62. The van der Waals surface area contributed by atoms with E-state index < -0.39 is 5.97 Å². The van der Waals surface area contributed by atoms with Crippen molar-refractivity contribution in [1.82, 2.24) is 0 Å². The molecule has 0 saturated carbocycles. The second-order valence-corrected chi connectivity index (χ2v) is 4.23. The molecule has 0 bridgehead atoms. The van der Waals surface area contributed by atoms with Crippen molar-refractivity contribution >= 4 is 23.3 Å². The Morgan fingerprint density at radius 3 is 2.82 bits per heavy atom. The Morgan fingerprint density at radius 2 is 2.29 bits per heavy atom. The summed E-state index contributed by atoms with van der Waals surface area (Å²) in [6, 6.07) is 6.71. The van der Waals surface area contributed by atoms with Gasteiger partial charge in [0.15, 0.2) is 0 Å². The van der Waals surface area contributed by atoms with Crippen molar-refractivity contribution in [3.63, 3.8) is 0 Å². The van der Waals surface area contributed by atoms with Gasteiger partial charge >= 0.3 is 5.97 Å². The van der Waals surface area contributed by atoms with Crippen LogP contribution in [0.1, 0.15) is 23.7 Å². The molecule has 1 atom stereocenters. The molecule has 0 aromatic heterocycles. The summed E-state index contributed by atoms with van der Waals surface area (Å²) in [6.07, 6.45) is 0.332. The van der Waals surface area contributed by atoms with Crippen molar-refractivity contribution in [3.05, 3.63) is 28.8 Å². The van der Waals surface area contributed by atoms with Crippen molar-refractivity contribution in [3.8, 4) is 6.07 Å². The minimum absolute atomic E-state index is 0.0562. The highest BCUT2D eigenvalue weighted by Gasteiger charge is 2.17. The summed E-state index contributed by atoms with van der Waals surface area (Å²) in [5.74, 6) is -1.03. The average Bonchev–Trinajstić information content (AvgIpc) is 2.28. The Balaban J connectivity index is 3.13. The average molecular weight is 253 g/mol. The maximum absolute atomic E-state index is 11.1. The molecule has 0 aliphatic heterocycles. The summed E-state index contributed by atoms with van der Waals surface area (Å²) in [7, 11) is 1.76. The molecular weight excluding hydrogens is 240 g/mol. The van der Waals surface area contributed by atoms with Gasteiger partial charge in [0.05, 0.1) is 23.7 Å². The molecule has 1 aromatic rings. The van der Waals surface area contributed by atoms with Gasteiger partial charge in [-0.2, -0.15) is 5.26 Å². The third-order valence-corrected chi connectivity index (χ3v) is 2.85. The Labute approximate surface area is 105 Å². The summed E-state index contributed by atoms with van der Waals surface area (Å²) in [5, 5.41) is 18.1. The number of carbonyl (C=O) groups is 1. The molecule has 0 fully saturated rings. The first kappa shape index (κ1) is 13.3. The van der Waals surface area contributed by atoms with Crippen LogP contribution in [0.15, 0.2) is 18.2 Å². The molecule has 1 N–H and O–H groups in total. The van der Waals surface area contributed by atoms with E-state index in [1.165, 1.54) is 6.07 Å². The molecule has 5 heteroatoms. The van der Waals surface area contributed by atoms with Gasteiger partial charge in [-0.1, -0.05) is 11.6 Å². The zero-order valence-electron chi connectivity index (χ0n) is 9.64. The topological polar surface area (TPSA) is 64.3 Å². The number of nitriles is 1. The summed E-state index contributed by atoms with van der Waals surface area (Å²) in [5.41, 5.74) is 0.703. The molecule has 90 valence electrons. The van der Waals surface area contributed by atoms with E-state index in [9.17, 15) is 4.79 Å². The van der Waals surface area contributed by atoms with Crippen LogP contribution in [-0.2, 0) is 0 Å². The monoisotopic (exact) mass is 252 g/mol. The van der Waals surface area contributed by atoms with Crippen LogP contribution in [0.2, 0.25) is 5.02 Å². The first-order valence-corrected chi connectivity index (χ1v) is 5.47. The number of hydrogen-bond acceptors (Lipinski definition) is 3. The number of rotatable bonds is 4. The van der Waals surface area contributed by atoms with Gasteiger partial charge in [0.1, 0.15) is 0 Å². The number of halogens is 1. The first-order chi connectivity index (χ1) is 7.97. The zero-order chi connectivity index (χ0) is 13.0. The van der Waals surface area contributed by atoms with Gasteiger partial charge in [-0.15, -0.1) is 0 Å². The van der Waals surface area contributed by atoms with Crippen molar-refractivity contribution < 1.29 is 9.90 Å². The summed E-state index contributed by atoms with van der Waals surface area (Å²) in [6.45, 7) is 1.86. The predicted molar refractivity (Wildman–Crippen MR) is 66.5 cm³/mol. The highest BCUT2D eigenvalue weighted by molar-refractivity contribution is 6.31. The minimum Gasteiger partial charge on any atom is -0.478 e. The van der Waals surface area contributed by atoms with E-state index in [1.807, 2.05) is 6.92 Å². The summed E-state index contributed by atoms with van der Waals surface area (Å²) in [4.78, 5) is 12.9. The van der Waals surface area contributed by atoms with Crippen LogP contribution in [0.4, 0.5) is 5.69 Å². The number of carboxylic acids is 1. The molecule has 0 spiro atoms. The second-order valence-electron chi connectivity index (χ2n) is 3.79. The van der Waals surface area contributed by atoms with Gasteiger partial charge in [-0.25, -0.2) is 4.79 Å². The van der Waals surface area contributed by atoms with E-state index in [1.54, 1.807) is 24.1 Å². The summed E-state index contributed by atoms with van der Waals surface area (Å²) < 4.78 is 0. The zero-order valence-corrected chi connectivity index (χ0v) is 10.4. The molecule has 0 heterocycles. The molecule has 0 amide bonds. The van der Waals surface area contributed by atoms with Crippen molar-refractivity contribution in [2.24, 2.45) is 0 Å². The number of carboxylic acid groups (broad SMARTS) is 1. The van der Waals surface area contributed by atoms with Gasteiger partial charge < -0.3 is 10.0 Å². The fourth-order valence-electron chi connectivity index (χ4n) is 1.49. The third kappa shape index (κ3) is 3.11. The van der Waals surface area contributed by atoms with E-state index in [4.69, 9.17) is 22.0 Å². The molecule has 4 nitrogen and oxygen atoms in total. The van der Waals surface area contributed by atoms with Crippen LogP contribution in [-0.4, -0.2) is 24.2 Å². The molecule has 17 heavy (non-hydrogen) atoms. The largest absolute Gasteiger partial charge is 0.478 e. The second kappa shape index (κ2) is 5.55. The molecular formula is C12H13ClN2O2. The highest BCUT2D eigenvalue weighted by atomic mass is 35.5. The lowest BCUT2D eigenvalue weighted by molar-refractivity contribution is 0.0697. The van der Waals surface area contributed by atoms with E-state index in [-0.39, 0.29) is 11.6 Å². The van der Waals surface area contributed by atoms with Gasteiger partial charge in [0, 0.05) is 18.1 Å². The standard InChI is InChI=1S/C12H13ClN2O2/c1-8(5-6-14)15(2)11-4-3-9(13)7-10(11)12(16)17/h3-4,7-8H,5H2,1-2H3,(H,16,17). The summed E-state index contributed by atoms with van der Waals surface area (Å²) >= 11 is 5.77. The van der Waals surface area contributed by atoms with Crippen LogP contribution >= 0.6 is 11.6 Å². The number of hydrogen-bond donors (Lipinski definition) is 1. The van der Waals surface area contributed by atoms with E-state index in [0.717, 1.165) is 0 Å². The Bertz CT molecular complexity index is 468. The lowest BCUT2D eigenvalue weighted by atomic mass is 10.1. The molecule has 0 saturated heterocycles. The van der Waals surface area contributed by atoms with Crippen LogP contribution in [0.5, 0.6) is 0 Å². The maximum Gasteiger partial charge on any atom is 0.337 e. The number of benzene rings is 1. The normalized spacial score (nSPS) is 11.6. The molecule has 0 aliphatic carbocycles. The van der Waals surface area contributed by atoms with Crippen LogP contribution in [0.25, 0.3) is 0 Å². The Hall–Kier alpha value is -1.73. The van der Waals surface area contributed by atoms with Crippen molar-refractivity contribution in [1.29, 1.82) is 5.26 Å². The maximum atomic E-state index is 11.1. The Kier molecular flexibility index (Phi) is 4.36. The fourth-order valence-corrected chi connectivity index (χ4v) is 1.67. The number of aromatic carboxylic acids is 1. The van der Waals surface area contributed by atoms with Gasteiger partial charge in [-0.05, 0) is 25.1 Å². The molecule has 1 rings (SSSR count). The quantitative estimate of drug-likeness (QED) is 0.895.